The molecule has 5 rings (SSSR count). The van der Waals surface area contributed by atoms with E-state index in [1.807, 2.05) is 0 Å². The van der Waals surface area contributed by atoms with Gasteiger partial charge in [-0.2, -0.15) is 0 Å². The van der Waals surface area contributed by atoms with Gasteiger partial charge in [-0.3, -0.25) is 0 Å². The van der Waals surface area contributed by atoms with Gasteiger partial charge in [0.2, 0.25) is 0 Å². The average molecular weight is 337 g/mol. The van der Waals surface area contributed by atoms with E-state index in [1.165, 1.54) is 56.1 Å². The Labute approximate surface area is 153 Å². The molecule has 26 heavy (non-hydrogen) atoms. The summed E-state index contributed by atoms with van der Waals surface area (Å²) in [4.78, 5) is 0. The summed E-state index contributed by atoms with van der Waals surface area (Å²) in [7, 11) is 0. The number of rotatable bonds is 3. The molecule has 1 atom stereocenters. The molecule has 0 N–H and O–H groups in total. The SMILES string of the molecule is CCCC(C)n1ccc2c3ccc4c5ccccc5ccc4c3ccc21. The molecule has 1 nitrogen and oxygen atoms in total. The third kappa shape index (κ3) is 2.17. The first-order valence-corrected chi connectivity index (χ1v) is 9.61. The Morgan fingerprint density at radius 3 is 2.15 bits per heavy atom. The van der Waals surface area contributed by atoms with Crippen LogP contribution in [0.3, 0.4) is 0 Å². The van der Waals surface area contributed by atoms with E-state index in [9.17, 15) is 0 Å². The molecule has 4 aromatic carbocycles. The van der Waals surface area contributed by atoms with Crippen molar-refractivity contribution in [3.05, 3.63) is 72.9 Å². The van der Waals surface area contributed by atoms with Gasteiger partial charge in [0.15, 0.2) is 0 Å². The third-order valence-corrected chi connectivity index (χ3v) is 5.80. The fourth-order valence-electron chi connectivity index (χ4n) is 4.49. The van der Waals surface area contributed by atoms with Gasteiger partial charge in [0.1, 0.15) is 0 Å². The summed E-state index contributed by atoms with van der Waals surface area (Å²) < 4.78 is 2.43. The zero-order valence-electron chi connectivity index (χ0n) is 15.4. The smallest absolute Gasteiger partial charge is 0.0489 e. The van der Waals surface area contributed by atoms with Gasteiger partial charge in [-0.25, -0.2) is 0 Å². The normalized spacial score (nSPS) is 13.2. The summed E-state index contributed by atoms with van der Waals surface area (Å²) in [6.07, 6.45) is 4.69. The van der Waals surface area contributed by atoms with Crippen LogP contribution in [0, 0.1) is 0 Å². The van der Waals surface area contributed by atoms with Gasteiger partial charge in [-0.15, -0.1) is 0 Å². The van der Waals surface area contributed by atoms with Crippen LogP contribution in [0.15, 0.2) is 72.9 Å². The Hall–Kier alpha value is -2.80. The number of aromatic nitrogens is 1. The molecule has 0 aliphatic rings. The molecule has 1 aromatic heterocycles. The van der Waals surface area contributed by atoms with Crippen LogP contribution in [0.1, 0.15) is 32.7 Å². The molecule has 0 spiro atoms. The van der Waals surface area contributed by atoms with E-state index in [-0.39, 0.29) is 0 Å². The summed E-state index contributed by atoms with van der Waals surface area (Å²) in [5.74, 6) is 0. The van der Waals surface area contributed by atoms with E-state index >= 15 is 0 Å². The lowest BCUT2D eigenvalue weighted by atomic mass is 9.96. The van der Waals surface area contributed by atoms with Gasteiger partial charge < -0.3 is 4.57 Å². The molecule has 0 saturated carbocycles. The molecular formula is C25H23N. The molecule has 0 radical (unpaired) electrons. The van der Waals surface area contributed by atoms with Crippen molar-refractivity contribution in [3.63, 3.8) is 0 Å². The molecule has 1 heterocycles. The van der Waals surface area contributed by atoms with E-state index in [2.05, 4.69) is 91.3 Å². The van der Waals surface area contributed by atoms with Gasteiger partial charge in [-0.05, 0) is 57.8 Å². The minimum Gasteiger partial charge on any atom is -0.345 e. The Balaban J connectivity index is 1.83. The Kier molecular flexibility index (Phi) is 3.49. The standard InChI is InChI=1S/C25H23N/c1-3-6-17(2)26-16-15-24-23-12-11-20-19-8-5-4-7-18(19)9-10-21(20)22(23)13-14-25(24)26/h4-5,7-17H,3,6H2,1-2H3. The third-order valence-electron chi connectivity index (χ3n) is 5.80. The number of fused-ring (bicyclic) bond motifs is 7. The van der Waals surface area contributed by atoms with Crippen LogP contribution in [0.4, 0.5) is 0 Å². The summed E-state index contributed by atoms with van der Waals surface area (Å²) in [5, 5.41) is 9.39. The molecule has 0 saturated heterocycles. The van der Waals surface area contributed by atoms with Crippen LogP contribution >= 0.6 is 0 Å². The Bertz CT molecular complexity index is 1260. The van der Waals surface area contributed by atoms with Gasteiger partial charge in [0.25, 0.3) is 0 Å². The van der Waals surface area contributed by atoms with Crippen molar-refractivity contribution in [1.82, 2.24) is 4.57 Å². The lowest BCUT2D eigenvalue weighted by Crippen LogP contribution is -2.02. The summed E-state index contributed by atoms with van der Waals surface area (Å²) in [6.45, 7) is 4.58. The largest absolute Gasteiger partial charge is 0.345 e. The lowest BCUT2D eigenvalue weighted by Gasteiger charge is -2.15. The van der Waals surface area contributed by atoms with E-state index in [0.717, 1.165) is 0 Å². The van der Waals surface area contributed by atoms with Crippen LogP contribution < -0.4 is 0 Å². The number of hydrogen-bond donors (Lipinski definition) is 0. The minimum atomic E-state index is 0.541. The van der Waals surface area contributed by atoms with Crippen LogP contribution in [0.2, 0.25) is 0 Å². The van der Waals surface area contributed by atoms with Crippen LogP contribution in [-0.4, -0.2) is 4.57 Å². The van der Waals surface area contributed by atoms with Gasteiger partial charge in [0.05, 0.1) is 0 Å². The summed E-state index contributed by atoms with van der Waals surface area (Å²) in [6, 6.07) is 25.2. The highest BCUT2D eigenvalue weighted by Crippen LogP contribution is 2.35. The number of nitrogens with zero attached hydrogens (tertiary/aromatic N) is 1. The van der Waals surface area contributed by atoms with Gasteiger partial charge >= 0.3 is 0 Å². The van der Waals surface area contributed by atoms with Gasteiger partial charge in [-0.1, -0.05) is 67.9 Å². The molecule has 0 aliphatic carbocycles. The molecule has 128 valence electrons. The lowest BCUT2D eigenvalue weighted by molar-refractivity contribution is 0.515. The maximum atomic E-state index is 2.43. The molecule has 0 amide bonds. The summed E-state index contributed by atoms with van der Waals surface area (Å²) in [5.41, 5.74) is 1.35. The minimum absolute atomic E-state index is 0.541. The maximum Gasteiger partial charge on any atom is 0.0489 e. The van der Waals surface area contributed by atoms with Crippen LogP contribution in [0.25, 0.3) is 43.2 Å². The quantitative estimate of drug-likeness (QED) is 0.301. The van der Waals surface area contributed by atoms with Crippen molar-refractivity contribution in [2.24, 2.45) is 0 Å². The Morgan fingerprint density at radius 2 is 1.35 bits per heavy atom. The summed E-state index contributed by atoms with van der Waals surface area (Å²) >= 11 is 0. The second-order valence-corrected chi connectivity index (χ2v) is 7.40. The molecular weight excluding hydrogens is 314 g/mol. The zero-order valence-corrected chi connectivity index (χ0v) is 15.4. The molecule has 0 aliphatic heterocycles. The highest BCUT2D eigenvalue weighted by atomic mass is 15.0. The number of hydrogen-bond acceptors (Lipinski definition) is 0. The molecule has 0 fully saturated rings. The highest BCUT2D eigenvalue weighted by Gasteiger charge is 2.11. The van der Waals surface area contributed by atoms with E-state index < -0.39 is 0 Å². The maximum absolute atomic E-state index is 2.43. The fourth-order valence-corrected chi connectivity index (χ4v) is 4.49. The molecule has 5 aromatic rings. The second-order valence-electron chi connectivity index (χ2n) is 7.40. The average Bonchev–Trinajstić information content (AvgIpc) is 3.12. The van der Waals surface area contributed by atoms with Crippen LogP contribution in [-0.2, 0) is 0 Å². The van der Waals surface area contributed by atoms with Crippen molar-refractivity contribution in [1.29, 1.82) is 0 Å². The van der Waals surface area contributed by atoms with Crippen molar-refractivity contribution in [3.8, 4) is 0 Å². The molecule has 1 unspecified atom stereocenters. The highest BCUT2D eigenvalue weighted by molar-refractivity contribution is 6.21. The van der Waals surface area contributed by atoms with Crippen molar-refractivity contribution in [2.45, 2.75) is 32.7 Å². The number of benzene rings is 4. The molecule has 1 heteroatoms. The first-order valence-electron chi connectivity index (χ1n) is 9.61. The van der Waals surface area contributed by atoms with Crippen molar-refractivity contribution < 1.29 is 0 Å². The van der Waals surface area contributed by atoms with E-state index in [1.54, 1.807) is 0 Å². The van der Waals surface area contributed by atoms with E-state index in [4.69, 9.17) is 0 Å². The second kappa shape index (κ2) is 5.88. The van der Waals surface area contributed by atoms with Crippen molar-refractivity contribution in [2.75, 3.05) is 0 Å². The monoisotopic (exact) mass is 337 g/mol. The van der Waals surface area contributed by atoms with Crippen molar-refractivity contribution >= 4 is 43.2 Å². The topological polar surface area (TPSA) is 4.93 Å². The van der Waals surface area contributed by atoms with Crippen LogP contribution in [0.5, 0.6) is 0 Å². The molecule has 0 bridgehead atoms. The first-order chi connectivity index (χ1) is 12.8. The van der Waals surface area contributed by atoms with Gasteiger partial charge in [0, 0.05) is 23.1 Å². The predicted octanol–water partition coefficient (Wildman–Crippen LogP) is 7.46. The zero-order chi connectivity index (χ0) is 17.7. The van der Waals surface area contributed by atoms with E-state index in [0.29, 0.717) is 6.04 Å². The first kappa shape index (κ1) is 15.5. The fraction of sp³-hybridized carbons (Fsp3) is 0.200. The Morgan fingerprint density at radius 1 is 0.692 bits per heavy atom. The predicted molar refractivity (Wildman–Crippen MR) is 114 cm³/mol.